The monoisotopic (exact) mass is 353 g/mol. The molecular weight excluding hydrogens is 338 g/mol. The van der Waals surface area contributed by atoms with Crippen LogP contribution in [0.15, 0.2) is 28.4 Å². The lowest BCUT2D eigenvalue weighted by atomic mass is 10.1. The highest BCUT2D eigenvalue weighted by molar-refractivity contribution is 9.10. The Morgan fingerprint density at radius 2 is 1.57 bits per heavy atom. The zero-order valence-corrected chi connectivity index (χ0v) is 13.8. The van der Waals surface area contributed by atoms with Crippen molar-refractivity contribution in [3.8, 4) is 0 Å². The van der Waals surface area contributed by atoms with Gasteiger partial charge in [0.05, 0.1) is 0 Å². The molecule has 21 heavy (non-hydrogen) atoms. The molecule has 1 aromatic carbocycles. The van der Waals surface area contributed by atoms with Gasteiger partial charge >= 0.3 is 11.9 Å². The average molecular weight is 354 g/mol. The number of cyclic esters (lactones) is 2. The Morgan fingerprint density at radius 1 is 1.10 bits per heavy atom. The minimum Gasteiger partial charge on any atom is -0.419 e. The van der Waals surface area contributed by atoms with Crippen LogP contribution in [0, 0.1) is 13.8 Å². The van der Waals surface area contributed by atoms with Gasteiger partial charge in [0.1, 0.15) is 0 Å². The zero-order valence-electron chi connectivity index (χ0n) is 12.2. The second-order valence-electron chi connectivity index (χ2n) is 5.31. The number of hydrogen-bond donors (Lipinski definition) is 1. The molecule has 112 valence electrons. The van der Waals surface area contributed by atoms with E-state index in [0.717, 1.165) is 21.3 Å². The summed E-state index contributed by atoms with van der Waals surface area (Å²) in [5.74, 6) is -2.63. The molecule has 1 saturated heterocycles. The summed E-state index contributed by atoms with van der Waals surface area (Å²) in [6.07, 6.45) is 1.31. The summed E-state index contributed by atoms with van der Waals surface area (Å²) < 4.78 is 11.1. The van der Waals surface area contributed by atoms with Gasteiger partial charge in [0.15, 0.2) is 5.57 Å². The fourth-order valence-corrected chi connectivity index (χ4v) is 2.19. The van der Waals surface area contributed by atoms with E-state index in [9.17, 15) is 9.59 Å². The molecule has 0 spiro atoms. The van der Waals surface area contributed by atoms with Gasteiger partial charge in [-0.2, -0.15) is 0 Å². The van der Waals surface area contributed by atoms with Gasteiger partial charge in [0.25, 0.3) is 5.79 Å². The molecule has 6 heteroatoms. The Kier molecular flexibility index (Phi) is 4.09. The predicted octanol–water partition coefficient (Wildman–Crippen LogP) is 3.20. The van der Waals surface area contributed by atoms with Crippen LogP contribution in [0.1, 0.15) is 25.0 Å². The van der Waals surface area contributed by atoms with E-state index in [2.05, 4.69) is 21.2 Å². The Morgan fingerprint density at radius 3 is 2.05 bits per heavy atom. The van der Waals surface area contributed by atoms with Gasteiger partial charge in [-0.15, -0.1) is 0 Å². The van der Waals surface area contributed by atoms with Crippen LogP contribution in [0.25, 0.3) is 0 Å². The summed E-state index contributed by atoms with van der Waals surface area (Å²) >= 11 is 3.48. The van der Waals surface area contributed by atoms with Crippen molar-refractivity contribution in [3.05, 3.63) is 39.5 Å². The highest BCUT2D eigenvalue weighted by Crippen LogP contribution is 2.26. The van der Waals surface area contributed by atoms with Crippen LogP contribution in [0.2, 0.25) is 0 Å². The van der Waals surface area contributed by atoms with Crippen LogP contribution in [0.3, 0.4) is 0 Å². The van der Waals surface area contributed by atoms with Crippen molar-refractivity contribution in [1.29, 1.82) is 0 Å². The lowest BCUT2D eigenvalue weighted by Gasteiger charge is -2.29. The first kappa shape index (κ1) is 15.6. The van der Waals surface area contributed by atoms with Gasteiger partial charge in [-0.25, -0.2) is 9.59 Å². The maximum atomic E-state index is 11.8. The average Bonchev–Trinajstić information content (AvgIpc) is 2.33. The van der Waals surface area contributed by atoms with Crippen LogP contribution in [0.5, 0.6) is 0 Å². The quantitative estimate of drug-likeness (QED) is 0.502. The van der Waals surface area contributed by atoms with Crippen LogP contribution in [-0.2, 0) is 19.1 Å². The topological polar surface area (TPSA) is 64.6 Å². The fraction of sp³-hybridized carbons (Fsp3) is 0.333. The molecule has 1 N–H and O–H groups in total. The Labute approximate surface area is 131 Å². The fourth-order valence-electron chi connectivity index (χ4n) is 1.96. The van der Waals surface area contributed by atoms with Crippen molar-refractivity contribution in [2.75, 3.05) is 5.32 Å². The van der Waals surface area contributed by atoms with Crippen LogP contribution in [0.4, 0.5) is 5.69 Å². The van der Waals surface area contributed by atoms with Crippen molar-refractivity contribution < 1.29 is 19.1 Å². The molecule has 2 rings (SSSR count). The number of anilines is 1. The molecule has 0 amide bonds. The summed E-state index contributed by atoms with van der Waals surface area (Å²) in [5, 5.41) is 2.93. The molecule has 1 fully saturated rings. The number of benzene rings is 1. The second kappa shape index (κ2) is 5.52. The van der Waals surface area contributed by atoms with Crippen LogP contribution < -0.4 is 5.32 Å². The third kappa shape index (κ3) is 3.44. The Balaban J connectivity index is 2.22. The van der Waals surface area contributed by atoms with Crippen LogP contribution in [-0.4, -0.2) is 17.7 Å². The van der Waals surface area contributed by atoms with Crippen LogP contribution >= 0.6 is 15.9 Å². The van der Waals surface area contributed by atoms with Crippen molar-refractivity contribution in [3.63, 3.8) is 0 Å². The predicted molar refractivity (Wildman–Crippen MR) is 81.6 cm³/mol. The number of esters is 2. The number of carbonyl (C=O) groups excluding carboxylic acids is 2. The number of rotatable bonds is 2. The molecule has 0 bridgehead atoms. The number of ether oxygens (including phenoxy) is 2. The largest absolute Gasteiger partial charge is 0.419 e. The maximum Gasteiger partial charge on any atom is 0.350 e. The van der Waals surface area contributed by atoms with Gasteiger partial charge in [0.2, 0.25) is 0 Å². The van der Waals surface area contributed by atoms with Gasteiger partial charge in [-0.3, -0.25) is 0 Å². The molecule has 0 aromatic heterocycles. The number of aryl methyl sites for hydroxylation is 2. The smallest absolute Gasteiger partial charge is 0.350 e. The molecule has 0 radical (unpaired) electrons. The first-order chi connectivity index (χ1) is 9.69. The van der Waals surface area contributed by atoms with Crippen molar-refractivity contribution in [2.45, 2.75) is 33.5 Å². The summed E-state index contributed by atoms with van der Waals surface area (Å²) in [5.41, 5.74) is 2.70. The third-order valence-corrected chi connectivity index (χ3v) is 4.19. The molecule has 0 unspecified atom stereocenters. The first-order valence-corrected chi connectivity index (χ1v) is 7.19. The number of halogens is 1. The number of hydrogen-bond acceptors (Lipinski definition) is 5. The minimum atomic E-state index is -1.23. The highest BCUT2D eigenvalue weighted by atomic mass is 79.9. The van der Waals surface area contributed by atoms with Crippen molar-refractivity contribution in [1.82, 2.24) is 0 Å². The van der Waals surface area contributed by atoms with E-state index in [1.807, 2.05) is 26.0 Å². The van der Waals surface area contributed by atoms with E-state index in [-0.39, 0.29) is 5.57 Å². The lowest BCUT2D eigenvalue weighted by molar-refractivity contribution is -0.222. The van der Waals surface area contributed by atoms with E-state index in [4.69, 9.17) is 9.47 Å². The van der Waals surface area contributed by atoms with Crippen molar-refractivity contribution >= 4 is 33.6 Å². The summed E-state index contributed by atoms with van der Waals surface area (Å²) in [6.45, 7) is 6.94. The lowest BCUT2D eigenvalue weighted by Crippen LogP contribution is -2.42. The highest BCUT2D eigenvalue weighted by Gasteiger charge is 2.38. The first-order valence-electron chi connectivity index (χ1n) is 6.40. The standard InChI is InChI=1S/C15H16BrNO4/c1-8-5-10(6-9(2)12(8)16)17-7-11-13(18)20-15(3,4)21-14(11)19/h5-7,17H,1-4H3. The summed E-state index contributed by atoms with van der Waals surface area (Å²) in [4.78, 5) is 23.6. The number of carbonyl (C=O) groups is 2. The molecule has 0 aliphatic carbocycles. The van der Waals surface area contributed by atoms with E-state index in [0.29, 0.717) is 0 Å². The normalized spacial score (nSPS) is 17.1. The molecule has 0 saturated carbocycles. The van der Waals surface area contributed by atoms with Gasteiger partial charge in [-0.1, -0.05) is 15.9 Å². The van der Waals surface area contributed by atoms with E-state index in [1.54, 1.807) is 0 Å². The van der Waals surface area contributed by atoms with Gasteiger partial charge in [0, 0.05) is 30.2 Å². The minimum absolute atomic E-state index is 0.160. The van der Waals surface area contributed by atoms with Crippen molar-refractivity contribution in [2.24, 2.45) is 0 Å². The number of nitrogens with one attached hydrogen (secondary N) is 1. The molecule has 5 nitrogen and oxygen atoms in total. The molecule has 1 aliphatic rings. The summed E-state index contributed by atoms with van der Waals surface area (Å²) in [7, 11) is 0. The molecule has 1 heterocycles. The Hall–Kier alpha value is -1.82. The van der Waals surface area contributed by atoms with Gasteiger partial charge in [-0.05, 0) is 37.1 Å². The Bertz CT molecular complexity index is 604. The third-order valence-electron chi connectivity index (χ3n) is 2.94. The second-order valence-corrected chi connectivity index (χ2v) is 6.10. The van der Waals surface area contributed by atoms with E-state index >= 15 is 0 Å². The maximum absolute atomic E-state index is 11.8. The van der Waals surface area contributed by atoms with E-state index in [1.165, 1.54) is 20.0 Å². The molecular formula is C15H16BrNO4. The van der Waals surface area contributed by atoms with Gasteiger partial charge < -0.3 is 14.8 Å². The van der Waals surface area contributed by atoms with E-state index < -0.39 is 17.7 Å². The molecule has 0 atom stereocenters. The zero-order chi connectivity index (χ0) is 15.8. The molecule has 1 aromatic rings. The summed E-state index contributed by atoms with van der Waals surface area (Å²) in [6, 6.07) is 3.80. The molecule has 1 aliphatic heterocycles. The SMILES string of the molecule is Cc1cc(NC=C2C(=O)OC(C)(C)OC2=O)cc(C)c1Br.